The quantitative estimate of drug-likeness (QED) is 0.0344. The lowest BCUT2D eigenvalue weighted by Gasteiger charge is -2.18. The molecule has 63 heavy (non-hydrogen) atoms. The molecule has 0 aromatic heterocycles. The van der Waals surface area contributed by atoms with Crippen molar-refractivity contribution in [3.8, 4) is 0 Å². The Morgan fingerprint density at radius 3 is 0.905 bits per heavy atom. The molecule has 0 aromatic carbocycles. The van der Waals surface area contributed by atoms with Crippen LogP contribution in [-0.4, -0.2) is 37.2 Å². The molecule has 0 heterocycles. The van der Waals surface area contributed by atoms with Crippen molar-refractivity contribution in [3.05, 3.63) is 0 Å². The SMILES string of the molecule is CCCCCCCCCCCCCCCCCC(=O)O[C@@H](COC(=O)CCCCCCCCCCCCCCCC(C)C)COC(=O)CCCCCCCCCCCCC(C)CC. The van der Waals surface area contributed by atoms with Gasteiger partial charge in [-0.25, -0.2) is 0 Å². The van der Waals surface area contributed by atoms with Gasteiger partial charge in [-0.2, -0.15) is 0 Å². The highest BCUT2D eigenvalue weighted by atomic mass is 16.6. The maximum Gasteiger partial charge on any atom is 0.306 e. The maximum atomic E-state index is 12.8. The number of esters is 3. The van der Waals surface area contributed by atoms with E-state index in [9.17, 15) is 14.4 Å². The summed E-state index contributed by atoms with van der Waals surface area (Å²) >= 11 is 0. The minimum atomic E-state index is -0.762. The van der Waals surface area contributed by atoms with Crippen molar-refractivity contribution in [2.45, 2.75) is 323 Å². The first kappa shape index (κ1) is 61.4. The van der Waals surface area contributed by atoms with Crippen molar-refractivity contribution < 1.29 is 28.6 Å². The molecule has 374 valence electrons. The summed E-state index contributed by atoms with van der Waals surface area (Å²) in [5.74, 6) is 0.868. The molecule has 0 aliphatic rings. The standard InChI is InChI=1S/C57H110O6/c1-6-8-9-10-11-12-13-14-15-18-22-29-34-39-44-49-57(60)63-54(51-62-56(59)48-43-38-33-28-24-23-26-31-36-41-46-53(5)7-2)50-61-55(58)47-42-37-32-27-21-19-16-17-20-25-30-35-40-45-52(3)4/h52-54H,6-51H2,1-5H3/t53?,54-/m0/s1. The number of ether oxygens (including phenoxy) is 3. The third-order valence-electron chi connectivity index (χ3n) is 13.3. The molecule has 0 aliphatic carbocycles. The first-order chi connectivity index (χ1) is 30.8. The van der Waals surface area contributed by atoms with E-state index < -0.39 is 6.10 Å². The molecule has 0 saturated heterocycles. The van der Waals surface area contributed by atoms with Gasteiger partial charge in [0.05, 0.1) is 0 Å². The van der Waals surface area contributed by atoms with E-state index in [0.29, 0.717) is 19.3 Å². The summed E-state index contributed by atoms with van der Waals surface area (Å²) in [6.07, 6.45) is 52.2. The average molecular weight is 892 g/mol. The van der Waals surface area contributed by atoms with Gasteiger partial charge in [0.2, 0.25) is 0 Å². The van der Waals surface area contributed by atoms with Gasteiger partial charge in [0.25, 0.3) is 0 Å². The summed E-state index contributed by atoms with van der Waals surface area (Å²) in [5.41, 5.74) is 0. The van der Waals surface area contributed by atoms with Crippen molar-refractivity contribution in [3.63, 3.8) is 0 Å². The predicted molar refractivity (Wildman–Crippen MR) is 270 cm³/mol. The van der Waals surface area contributed by atoms with Gasteiger partial charge < -0.3 is 14.2 Å². The van der Waals surface area contributed by atoms with Gasteiger partial charge in [-0.3, -0.25) is 14.4 Å². The van der Waals surface area contributed by atoms with Crippen LogP contribution in [0.4, 0.5) is 0 Å². The van der Waals surface area contributed by atoms with Crippen molar-refractivity contribution in [2.75, 3.05) is 13.2 Å². The molecule has 1 unspecified atom stereocenters. The van der Waals surface area contributed by atoms with Crippen LogP contribution in [0.5, 0.6) is 0 Å². The van der Waals surface area contributed by atoms with Crippen LogP contribution in [0.1, 0.15) is 317 Å². The summed E-state index contributed by atoms with van der Waals surface area (Å²) in [6.45, 7) is 11.4. The Labute approximate surface area is 393 Å². The monoisotopic (exact) mass is 891 g/mol. The minimum Gasteiger partial charge on any atom is -0.462 e. The van der Waals surface area contributed by atoms with E-state index in [4.69, 9.17) is 14.2 Å². The normalized spacial score (nSPS) is 12.5. The fraction of sp³-hybridized carbons (Fsp3) is 0.947. The Morgan fingerprint density at radius 2 is 0.603 bits per heavy atom. The van der Waals surface area contributed by atoms with Crippen LogP contribution in [0.3, 0.4) is 0 Å². The van der Waals surface area contributed by atoms with Gasteiger partial charge in [0.1, 0.15) is 13.2 Å². The van der Waals surface area contributed by atoms with E-state index in [2.05, 4.69) is 34.6 Å². The zero-order chi connectivity index (χ0) is 46.1. The number of hydrogen-bond acceptors (Lipinski definition) is 6. The zero-order valence-corrected chi connectivity index (χ0v) is 43.2. The lowest BCUT2D eigenvalue weighted by atomic mass is 9.99. The molecule has 0 spiro atoms. The second kappa shape index (κ2) is 49.8. The highest BCUT2D eigenvalue weighted by Crippen LogP contribution is 2.18. The topological polar surface area (TPSA) is 78.9 Å². The number of carbonyl (C=O) groups excluding carboxylic acids is 3. The second-order valence-corrected chi connectivity index (χ2v) is 20.3. The Balaban J connectivity index is 4.31. The van der Waals surface area contributed by atoms with E-state index in [1.54, 1.807) is 0 Å². The molecule has 0 saturated carbocycles. The van der Waals surface area contributed by atoms with Crippen LogP contribution in [0.2, 0.25) is 0 Å². The van der Waals surface area contributed by atoms with Crippen molar-refractivity contribution in [1.29, 1.82) is 0 Å². The van der Waals surface area contributed by atoms with E-state index in [1.807, 2.05) is 0 Å². The molecule has 0 fully saturated rings. The number of unbranched alkanes of at least 4 members (excludes halogenated alkanes) is 35. The Kier molecular flexibility index (Phi) is 48.6. The van der Waals surface area contributed by atoms with Crippen LogP contribution in [0.15, 0.2) is 0 Å². The first-order valence-electron chi connectivity index (χ1n) is 28.3. The fourth-order valence-corrected chi connectivity index (χ4v) is 8.66. The number of carbonyl (C=O) groups is 3. The lowest BCUT2D eigenvalue weighted by Crippen LogP contribution is -2.30. The van der Waals surface area contributed by atoms with Crippen LogP contribution in [0, 0.1) is 11.8 Å². The Hall–Kier alpha value is -1.59. The Morgan fingerprint density at radius 1 is 0.333 bits per heavy atom. The summed E-state index contributed by atoms with van der Waals surface area (Å²) in [4.78, 5) is 38.1. The summed E-state index contributed by atoms with van der Waals surface area (Å²) in [7, 11) is 0. The van der Waals surface area contributed by atoms with E-state index in [0.717, 1.165) is 69.6 Å². The van der Waals surface area contributed by atoms with Gasteiger partial charge >= 0.3 is 17.9 Å². The van der Waals surface area contributed by atoms with Crippen molar-refractivity contribution in [1.82, 2.24) is 0 Å². The van der Waals surface area contributed by atoms with Gasteiger partial charge in [0, 0.05) is 19.3 Å². The first-order valence-corrected chi connectivity index (χ1v) is 28.3. The molecule has 0 bridgehead atoms. The van der Waals surface area contributed by atoms with E-state index >= 15 is 0 Å². The van der Waals surface area contributed by atoms with Crippen molar-refractivity contribution in [2.24, 2.45) is 11.8 Å². The molecule has 0 N–H and O–H groups in total. The molecule has 6 heteroatoms. The average Bonchev–Trinajstić information content (AvgIpc) is 3.27. The van der Waals surface area contributed by atoms with Crippen LogP contribution in [0.25, 0.3) is 0 Å². The maximum absolute atomic E-state index is 12.8. The predicted octanol–water partition coefficient (Wildman–Crippen LogP) is 18.5. The lowest BCUT2D eigenvalue weighted by molar-refractivity contribution is -0.167. The molecule has 0 radical (unpaired) electrons. The van der Waals surface area contributed by atoms with Gasteiger partial charge in [-0.15, -0.1) is 0 Å². The Bertz CT molecular complexity index is 964. The number of hydrogen-bond donors (Lipinski definition) is 0. The van der Waals surface area contributed by atoms with Gasteiger partial charge in [-0.1, -0.05) is 279 Å². The molecule has 0 rings (SSSR count). The smallest absolute Gasteiger partial charge is 0.306 e. The third kappa shape index (κ3) is 49.7. The largest absolute Gasteiger partial charge is 0.462 e. The molecule has 2 atom stereocenters. The fourth-order valence-electron chi connectivity index (χ4n) is 8.66. The minimum absolute atomic E-state index is 0.0630. The second-order valence-electron chi connectivity index (χ2n) is 20.3. The third-order valence-corrected chi connectivity index (χ3v) is 13.3. The molecule has 0 aliphatic heterocycles. The summed E-state index contributed by atoms with van der Waals surface area (Å²) < 4.78 is 16.9. The zero-order valence-electron chi connectivity index (χ0n) is 43.2. The highest BCUT2D eigenvalue weighted by Gasteiger charge is 2.19. The van der Waals surface area contributed by atoms with Crippen LogP contribution < -0.4 is 0 Å². The number of rotatable bonds is 51. The summed E-state index contributed by atoms with van der Waals surface area (Å²) in [5, 5.41) is 0. The van der Waals surface area contributed by atoms with Crippen LogP contribution in [-0.2, 0) is 28.6 Å². The van der Waals surface area contributed by atoms with E-state index in [-0.39, 0.29) is 31.1 Å². The van der Waals surface area contributed by atoms with Crippen LogP contribution >= 0.6 is 0 Å². The molecular weight excluding hydrogens is 781 g/mol. The molecular formula is C57H110O6. The van der Waals surface area contributed by atoms with Gasteiger partial charge in [-0.05, 0) is 31.1 Å². The van der Waals surface area contributed by atoms with E-state index in [1.165, 1.54) is 205 Å². The molecule has 6 nitrogen and oxygen atoms in total. The van der Waals surface area contributed by atoms with Gasteiger partial charge in [0.15, 0.2) is 6.10 Å². The molecule has 0 amide bonds. The molecule has 0 aromatic rings. The highest BCUT2D eigenvalue weighted by molar-refractivity contribution is 5.71. The summed E-state index contributed by atoms with van der Waals surface area (Å²) in [6, 6.07) is 0. The van der Waals surface area contributed by atoms with Crippen molar-refractivity contribution >= 4 is 17.9 Å².